The zero-order valence-corrected chi connectivity index (χ0v) is 14.1. The van der Waals surface area contributed by atoms with Crippen LogP contribution in [0.2, 0.25) is 0 Å². The summed E-state index contributed by atoms with van der Waals surface area (Å²) in [5, 5.41) is 20.1. The molecule has 0 radical (unpaired) electrons. The molecule has 1 heterocycles. The number of likely N-dealkylation sites (tertiary alicyclic amines) is 1. The zero-order valence-electron chi connectivity index (χ0n) is 14.1. The smallest absolute Gasteiger partial charge is 0.407 e. The van der Waals surface area contributed by atoms with Crippen molar-refractivity contribution in [2.45, 2.75) is 66.0 Å². The van der Waals surface area contributed by atoms with E-state index >= 15 is 0 Å². The van der Waals surface area contributed by atoms with E-state index in [1.165, 1.54) is 4.90 Å². The van der Waals surface area contributed by atoms with Crippen molar-refractivity contribution < 1.29 is 15.0 Å². The Balaban J connectivity index is 3.03. The van der Waals surface area contributed by atoms with E-state index in [0.717, 1.165) is 0 Å². The second-order valence-corrected chi connectivity index (χ2v) is 8.02. The highest BCUT2D eigenvalue weighted by Crippen LogP contribution is 2.44. The predicted molar refractivity (Wildman–Crippen MR) is 84.2 cm³/mol. The van der Waals surface area contributed by atoms with E-state index in [1.807, 2.05) is 0 Å². The zero-order chi connectivity index (χ0) is 16.4. The number of piperidine rings is 1. The van der Waals surface area contributed by atoms with Gasteiger partial charge in [0.05, 0.1) is 6.10 Å². The van der Waals surface area contributed by atoms with Gasteiger partial charge < -0.3 is 20.8 Å². The first-order valence-electron chi connectivity index (χ1n) is 7.91. The number of carbonyl (C=O) groups is 1. The van der Waals surface area contributed by atoms with Gasteiger partial charge in [-0.05, 0) is 30.6 Å². The molecule has 1 rings (SSSR count). The minimum absolute atomic E-state index is 0.117. The van der Waals surface area contributed by atoms with E-state index in [1.54, 1.807) is 0 Å². The summed E-state index contributed by atoms with van der Waals surface area (Å²) in [5.41, 5.74) is 5.48. The van der Waals surface area contributed by atoms with Crippen LogP contribution >= 0.6 is 0 Å². The van der Waals surface area contributed by atoms with Gasteiger partial charge in [-0.25, -0.2) is 4.79 Å². The Morgan fingerprint density at radius 3 is 2.38 bits per heavy atom. The Labute approximate surface area is 128 Å². The summed E-state index contributed by atoms with van der Waals surface area (Å²) in [6.07, 6.45) is 0.632. The molecule has 4 N–H and O–H groups in total. The third kappa shape index (κ3) is 4.10. The van der Waals surface area contributed by atoms with Gasteiger partial charge in [0.1, 0.15) is 0 Å². The molecule has 0 aromatic heterocycles. The number of carboxylic acid groups (broad SMARTS) is 1. The molecule has 1 fully saturated rings. The van der Waals surface area contributed by atoms with Crippen molar-refractivity contribution in [3.8, 4) is 0 Å². The van der Waals surface area contributed by atoms with Crippen LogP contribution in [0.15, 0.2) is 0 Å². The Bertz CT molecular complexity index is 365. The molecule has 0 aromatic carbocycles. The van der Waals surface area contributed by atoms with Crippen LogP contribution < -0.4 is 5.73 Å². The SMILES string of the molecule is CC(C)CC(O)C1(CN)CCN(C(=O)O)C(C(C)(C)C)C1. The fraction of sp³-hybridized carbons (Fsp3) is 0.938. The molecule has 1 aliphatic rings. The number of aliphatic hydroxyl groups is 1. The van der Waals surface area contributed by atoms with Crippen molar-refractivity contribution in [1.29, 1.82) is 0 Å². The van der Waals surface area contributed by atoms with Crippen LogP contribution in [-0.4, -0.2) is 46.4 Å². The molecule has 3 atom stereocenters. The number of hydrogen-bond donors (Lipinski definition) is 3. The number of aliphatic hydroxyl groups excluding tert-OH is 1. The number of nitrogens with zero attached hydrogens (tertiary/aromatic N) is 1. The summed E-state index contributed by atoms with van der Waals surface area (Å²) in [7, 11) is 0. The molecule has 0 bridgehead atoms. The third-order valence-corrected chi connectivity index (χ3v) is 4.88. The molecule has 5 nitrogen and oxygen atoms in total. The minimum atomic E-state index is -0.876. The lowest BCUT2D eigenvalue weighted by Gasteiger charge is -2.51. The van der Waals surface area contributed by atoms with Gasteiger partial charge in [-0.3, -0.25) is 0 Å². The van der Waals surface area contributed by atoms with Crippen molar-refractivity contribution in [3.63, 3.8) is 0 Å². The molecule has 0 spiro atoms. The lowest BCUT2D eigenvalue weighted by molar-refractivity contribution is -0.0641. The number of amides is 1. The number of nitrogens with two attached hydrogens (primary N) is 1. The molecule has 0 aliphatic carbocycles. The summed E-state index contributed by atoms with van der Waals surface area (Å²) in [4.78, 5) is 13.0. The first-order valence-corrected chi connectivity index (χ1v) is 7.91. The molecule has 21 heavy (non-hydrogen) atoms. The second kappa shape index (κ2) is 6.53. The van der Waals surface area contributed by atoms with E-state index in [2.05, 4.69) is 34.6 Å². The molecule has 1 amide bonds. The summed E-state index contributed by atoms with van der Waals surface area (Å²) in [6.45, 7) is 11.2. The largest absolute Gasteiger partial charge is 0.465 e. The average molecular weight is 300 g/mol. The molecular weight excluding hydrogens is 268 g/mol. The van der Waals surface area contributed by atoms with Gasteiger partial charge in [-0.2, -0.15) is 0 Å². The molecule has 0 saturated carbocycles. The van der Waals surface area contributed by atoms with Gasteiger partial charge >= 0.3 is 6.09 Å². The van der Waals surface area contributed by atoms with Crippen LogP contribution in [0.1, 0.15) is 53.9 Å². The molecule has 1 aliphatic heterocycles. The van der Waals surface area contributed by atoms with Gasteiger partial charge in [-0.15, -0.1) is 0 Å². The van der Waals surface area contributed by atoms with Crippen LogP contribution in [0.5, 0.6) is 0 Å². The number of hydrogen-bond acceptors (Lipinski definition) is 3. The first kappa shape index (κ1) is 18.2. The molecule has 1 saturated heterocycles. The summed E-state index contributed by atoms with van der Waals surface area (Å²) in [5.74, 6) is 0.397. The quantitative estimate of drug-likeness (QED) is 0.744. The molecule has 3 unspecified atom stereocenters. The monoisotopic (exact) mass is 300 g/mol. The van der Waals surface area contributed by atoms with E-state index < -0.39 is 12.2 Å². The van der Waals surface area contributed by atoms with Gasteiger partial charge in [-0.1, -0.05) is 34.6 Å². The maximum Gasteiger partial charge on any atom is 0.407 e. The van der Waals surface area contributed by atoms with E-state index in [9.17, 15) is 15.0 Å². The van der Waals surface area contributed by atoms with Crippen molar-refractivity contribution >= 4 is 6.09 Å². The lowest BCUT2D eigenvalue weighted by Crippen LogP contribution is -2.59. The van der Waals surface area contributed by atoms with Gasteiger partial charge in [0.2, 0.25) is 0 Å². The Morgan fingerprint density at radius 2 is 2.00 bits per heavy atom. The highest BCUT2D eigenvalue weighted by atomic mass is 16.4. The van der Waals surface area contributed by atoms with Crippen LogP contribution in [0.3, 0.4) is 0 Å². The van der Waals surface area contributed by atoms with E-state index in [-0.39, 0.29) is 16.9 Å². The van der Waals surface area contributed by atoms with E-state index in [0.29, 0.717) is 38.3 Å². The number of rotatable bonds is 4. The summed E-state index contributed by atoms with van der Waals surface area (Å²) < 4.78 is 0. The lowest BCUT2D eigenvalue weighted by atomic mass is 9.65. The van der Waals surface area contributed by atoms with Gasteiger partial charge in [0.25, 0.3) is 0 Å². The summed E-state index contributed by atoms with van der Waals surface area (Å²) >= 11 is 0. The molecule has 124 valence electrons. The predicted octanol–water partition coefficient (Wildman–Crippen LogP) is 2.53. The average Bonchev–Trinajstić information content (AvgIpc) is 2.35. The first-order chi connectivity index (χ1) is 9.53. The fourth-order valence-electron chi connectivity index (χ4n) is 3.42. The van der Waals surface area contributed by atoms with Crippen molar-refractivity contribution in [1.82, 2.24) is 4.90 Å². The highest BCUT2D eigenvalue weighted by Gasteiger charge is 2.48. The Hall–Kier alpha value is -0.810. The summed E-state index contributed by atoms with van der Waals surface area (Å²) in [6, 6.07) is -0.117. The maximum absolute atomic E-state index is 11.5. The van der Waals surface area contributed by atoms with E-state index in [4.69, 9.17) is 5.73 Å². The van der Waals surface area contributed by atoms with Gasteiger partial charge in [0, 0.05) is 24.5 Å². The Kier molecular flexibility index (Phi) is 5.67. The Morgan fingerprint density at radius 1 is 1.43 bits per heavy atom. The van der Waals surface area contributed by atoms with Crippen molar-refractivity contribution in [3.05, 3.63) is 0 Å². The van der Waals surface area contributed by atoms with Crippen LogP contribution in [0.25, 0.3) is 0 Å². The van der Waals surface area contributed by atoms with Crippen molar-refractivity contribution in [2.75, 3.05) is 13.1 Å². The topological polar surface area (TPSA) is 86.8 Å². The molecule has 5 heteroatoms. The highest BCUT2D eigenvalue weighted by molar-refractivity contribution is 5.65. The standard InChI is InChI=1S/C16H32N2O3/c1-11(2)8-13(19)16(10-17)6-7-18(14(20)21)12(9-16)15(3,4)5/h11-13,19H,6-10,17H2,1-5H3,(H,20,21). The molecule has 0 aromatic rings. The van der Waals surface area contributed by atoms with Crippen molar-refractivity contribution in [2.24, 2.45) is 22.5 Å². The maximum atomic E-state index is 11.5. The fourth-order valence-corrected chi connectivity index (χ4v) is 3.42. The third-order valence-electron chi connectivity index (χ3n) is 4.88. The van der Waals surface area contributed by atoms with Crippen LogP contribution in [-0.2, 0) is 0 Å². The molecular formula is C16H32N2O3. The normalized spacial score (nSPS) is 28.8. The second-order valence-electron chi connectivity index (χ2n) is 8.02. The van der Waals surface area contributed by atoms with Gasteiger partial charge in [0.15, 0.2) is 0 Å². The minimum Gasteiger partial charge on any atom is -0.465 e. The van der Waals surface area contributed by atoms with Crippen LogP contribution in [0.4, 0.5) is 4.79 Å². The van der Waals surface area contributed by atoms with Crippen LogP contribution in [0, 0.1) is 16.7 Å².